The highest BCUT2D eigenvalue weighted by Gasteiger charge is 2.63. The van der Waals surface area contributed by atoms with Gasteiger partial charge in [-0.1, -0.05) is 84.0 Å². The zero-order valence-corrected chi connectivity index (χ0v) is 23.4. The predicted octanol–water partition coefficient (Wildman–Crippen LogP) is 10.9. The maximum atomic E-state index is 2.53. The highest BCUT2D eigenvalue weighted by molar-refractivity contribution is 7.80. The lowest BCUT2D eigenvalue weighted by Crippen LogP contribution is -2.45. The Bertz CT molecular complexity index is 352. The van der Waals surface area contributed by atoms with Gasteiger partial charge in [-0.3, -0.25) is 0 Å². The minimum absolute atomic E-state index is 0.431. The van der Waals surface area contributed by atoms with Gasteiger partial charge >= 0.3 is 0 Å². The van der Waals surface area contributed by atoms with Crippen LogP contribution in [-0.4, -0.2) is 21.6 Å². The third kappa shape index (κ3) is 10.1. The first-order valence-corrected chi connectivity index (χ1v) is 15.2. The van der Waals surface area contributed by atoms with Crippen LogP contribution in [0.4, 0.5) is 0 Å². The number of rotatable bonds is 15. The van der Waals surface area contributed by atoms with Crippen molar-refractivity contribution in [3.63, 3.8) is 0 Å². The zero-order chi connectivity index (χ0) is 22.6. The van der Waals surface area contributed by atoms with Crippen molar-refractivity contribution >= 4 is 7.26 Å². The van der Waals surface area contributed by atoms with Gasteiger partial charge in [-0.25, -0.2) is 0 Å². The van der Waals surface area contributed by atoms with Crippen molar-refractivity contribution in [2.75, 3.05) is 6.16 Å². The molecule has 176 valence electrons. The molecule has 0 fully saturated rings. The molecule has 0 radical (unpaired) electrons. The SMILES string of the molecule is CCCCCCCCCCCCCCCC[P+](C(C)(C)C)(C(C)(C)C)C(C)(C)C. The van der Waals surface area contributed by atoms with Crippen LogP contribution >= 0.6 is 7.26 Å². The molecule has 0 saturated heterocycles. The Morgan fingerprint density at radius 3 is 0.862 bits per heavy atom. The summed E-state index contributed by atoms with van der Waals surface area (Å²) >= 11 is 0. The van der Waals surface area contributed by atoms with E-state index in [4.69, 9.17) is 0 Å². The van der Waals surface area contributed by atoms with Crippen molar-refractivity contribution in [1.29, 1.82) is 0 Å². The molecule has 0 aliphatic rings. The second kappa shape index (κ2) is 13.8. The molecule has 0 saturated carbocycles. The molecule has 0 aliphatic carbocycles. The van der Waals surface area contributed by atoms with Crippen LogP contribution in [0.2, 0.25) is 0 Å². The van der Waals surface area contributed by atoms with Crippen LogP contribution in [0.1, 0.15) is 159 Å². The Balaban J connectivity index is 4.10. The molecule has 0 nitrogen and oxygen atoms in total. The molecule has 0 aromatic rings. The lowest BCUT2D eigenvalue weighted by molar-refractivity contribution is 0.537. The maximum Gasteiger partial charge on any atom is 0.0725 e. The maximum absolute atomic E-state index is 2.53. The van der Waals surface area contributed by atoms with E-state index in [1.807, 2.05) is 0 Å². The van der Waals surface area contributed by atoms with Gasteiger partial charge in [0.25, 0.3) is 0 Å². The molecule has 0 heterocycles. The Hall–Kier alpha value is 0.430. The normalized spacial score (nSPS) is 13.9. The van der Waals surface area contributed by atoms with Crippen molar-refractivity contribution in [3.05, 3.63) is 0 Å². The van der Waals surface area contributed by atoms with Gasteiger partial charge in [-0.2, -0.15) is 0 Å². The van der Waals surface area contributed by atoms with E-state index in [9.17, 15) is 0 Å². The van der Waals surface area contributed by atoms with Gasteiger partial charge in [0.05, 0.1) is 21.6 Å². The molecule has 0 N–H and O–H groups in total. The first kappa shape index (κ1) is 29.4. The van der Waals surface area contributed by atoms with Crippen LogP contribution in [0.5, 0.6) is 0 Å². The fraction of sp³-hybridized carbons (Fsp3) is 1.00. The van der Waals surface area contributed by atoms with Crippen LogP contribution in [0.25, 0.3) is 0 Å². The Kier molecular flexibility index (Phi) is 14.0. The minimum atomic E-state index is -1.13. The molecule has 0 aliphatic heterocycles. The van der Waals surface area contributed by atoms with E-state index in [1.54, 1.807) is 0 Å². The predicted molar refractivity (Wildman–Crippen MR) is 141 cm³/mol. The summed E-state index contributed by atoms with van der Waals surface area (Å²) in [5, 5.41) is 1.29. The molecule has 0 aromatic heterocycles. The largest absolute Gasteiger partial charge is 0.0725 e. The van der Waals surface area contributed by atoms with Crippen molar-refractivity contribution in [3.8, 4) is 0 Å². The topological polar surface area (TPSA) is 0 Å². The van der Waals surface area contributed by atoms with E-state index in [1.165, 1.54) is 96.1 Å². The van der Waals surface area contributed by atoms with E-state index in [0.29, 0.717) is 15.5 Å². The van der Waals surface area contributed by atoms with Crippen molar-refractivity contribution < 1.29 is 0 Å². The zero-order valence-electron chi connectivity index (χ0n) is 22.6. The molecule has 0 unspecified atom stereocenters. The summed E-state index contributed by atoms with van der Waals surface area (Å²) in [5.41, 5.74) is 0. The molecule has 0 amide bonds. The Morgan fingerprint density at radius 2 is 0.621 bits per heavy atom. The van der Waals surface area contributed by atoms with E-state index < -0.39 is 7.26 Å². The number of hydrogen-bond acceptors (Lipinski definition) is 0. The van der Waals surface area contributed by atoms with Gasteiger partial charge in [0.2, 0.25) is 0 Å². The summed E-state index contributed by atoms with van der Waals surface area (Å²) in [6.45, 7) is 25.1. The molecule has 1 heteroatoms. The molecule has 0 bridgehead atoms. The van der Waals surface area contributed by atoms with Crippen LogP contribution in [0.3, 0.4) is 0 Å². The van der Waals surface area contributed by atoms with E-state index in [-0.39, 0.29) is 0 Å². The summed E-state index contributed by atoms with van der Waals surface area (Å²) in [4.78, 5) is 0. The van der Waals surface area contributed by atoms with Crippen molar-refractivity contribution in [2.45, 2.75) is 175 Å². The van der Waals surface area contributed by atoms with Gasteiger partial charge in [0.1, 0.15) is 0 Å². The van der Waals surface area contributed by atoms with Crippen LogP contribution in [0, 0.1) is 0 Å². The minimum Gasteiger partial charge on any atom is -0.0654 e. The number of hydrogen-bond donors (Lipinski definition) is 0. The fourth-order valence-electron chi connectivity index (χ4n) is 6.57. The van der Waals surface area contributed by atoms with Gasteiger partial charge in [-0.15, -0.1) is 0 Å². The molecule has 0 atom stereocenters. The average Bonchev–Trinajstić information content (AvgIpc) is 2.54. The molecular weight excluding hydrogens is 367 g/mol. The smallest absolute Gasteiger partial charge is 0.0654 e. The molecule has 29 heavy (non-hydrogen) atoms. The molecule has 0 spiro atoms. The standard InChI is InChI=1S/C28H60P/c1-11-12-13-14-15-16-17-18-19-20-21-22-23-24-25-29(26(2,3)4,27(5,6)7)28(8,9)10/h11-25H2,1-10H3/q+1. The molecular formula is C28H60P+. The summed E-state index contributed by atoms with van der Waals surface area (Å²) in [7, 11) is -1.13. The third-order valence-corrected chi connectivity index (χ3v) is 15.1. The summed E-state index contributed by atoms with van der Waals surface area (Å²) < 4.78 is 0. The van der Waals surface area contributed by atoms with Crippen molar-refractivity contribution in [2.24, 2.45) is 0 Å². The quantitative estimate of drug-likeness (QED) is 0.180. The molecule has 0 rings (SSSR count). The van der Waals surface area contributed by atoms with Crippen LogP contribution in [-0.2, 0) is 0 Å². The van der Waals surface area contributed by atoms with E-state index >= 15 is 0 Å². The summed E-state index contributed by atoms with van der Waals surface area (Å²) in [6.07, 6.45) is 21.8. The first-order chi connectivity index (χ1) is 13.3. The second-order valence-corrected chi connectivity index (χ2v) is 18.7. The second-order valence-electron chi connectivity index (χ2n) is 12.6. The van der Waals surface area contributed by atoms with Crippen LogP contribution < -0.4 is 0 Å². The Labute approximate surface area is 188 Å². The van der Waals surface area contributed by atoms with E-state index in [0.717, 1.165) is 0 Å². The average molecular weight is 428 g/mol. The first-order valence-electron chi connectivity index (χ1n) is 13.2. The Morgan fingerprint density at radius 1 is 0.379 bits per heavy atom. The fourth-order valence-corrected chi connectivity index (χ4v) is 15.3. The van der Waals surface area contributed by atoms with Gasteiger partial charge in [-0.05, 0) is 75.2 Å². The van der Waals surface area contributed by atoms with Gasteiger partial charge in [0.15, 0.2) is 0 Å². The van der Waals surface area contributed by atoms with E-state index in [2.05, 4.69) is 69.2 Å². The monoisotopic (exact) mass is 427 g/mol. The van der Waals surface area contributed by atoms with Crippen molar-refractivity contribution in [1.82, 2.24) is 0 Å². The summed E-state index contributed by atoms with van der Waals surface area (Å²) in [6, 6.07) is 0. The summed E-state index contributed by atoms with van der Waals surface area (Å²) in [5.74, 6) is 0. The highest BCUT2D eigenvalue weighted by atomic mass is 31.2. The van der Waals surface area contributed by atoms with Gasteiger partial charge < -0.3 is 0 Å². The van der Waals surface area contributed by atoms with Gasteiger partial charge in [0, 0.05) is 7.26 Å². The lowest BCUT2D eigenvalue weighted by Gasteiger charge is -2.54. The highest BCUT2D eigenvalue weighted by Crippen LogP contribution is 2.83. The third-order valence-electron chi connectivity index (χ3n) is 7.28. The number of unbranched alkanes of at least 4 members (excludes halogenated alkanes) is 13. The molecule has 0 aromatic carbocycles. The van der Waals surface area contributed by atoms with Crippen LogP contribution in [0.15, 0.2) is 0 Å². The lowest BCUT2D eigenvalue weighted by atomic mass is 10.0.